The van der Waals surface area contributed by atoms with Crippen LogP contribution in [0.1, 0.15) is 44.9 Å². The standard InChI is InChI=1S/C14H26N4O/c1-11(2)14-16-12(15-3)10-13(17-14)18(4)8-6-5-7-9-19/h10-11,19H,5-9H2,1-4H3,(H,15,16,17). The van der Waals surface area contributed by atoms with Gasteiger partial charge in [-0.05, 0) is 19.3 Å². The van der Waals surface area contributed by atoms with Gasteiger partial charge in [-0.2, -0.15) is 0 Å². The van der Waals surface area contributed by atoms with Gasteiger partial charge in [0.25, 0.3) is 0 Å². The molecule has 0 atom stereocenters. The van der Waals surface area contributed by atoms with Crippen molar-refractivity contribution in [3.05, 3.63) is 11.9 Å². The molecule has 5 nitrogen and oxygen atoms in total. The minimum absolute atomic E-state index is 0.276. The Bertz CT molecular complexity index is 382. The van der Waals surface area contributed by atoms with Crippen molar-refractivity contribution in [1.29, 1.82) is 0 Å². The summed E-state index contributed by atoms with van der Waals surface area (Å²) in [5.41, 5.74) is 0. The first-order chi connectivity index (χ1) is 9.08. The van der Waals surface area contributed by atoms with Crippen molar-refractivity contribution < 1.29 is 5.11 Å². The molecule has 0 saturated heterocycles. The number of rotatable bonds is 8. The van der Waals surface area contributed by atoms with Gasteiger partial charge < -0.3 is 15.3 Å². The van der Waals surface area contributed by atoms with Crippen LogP contribution in [-0.2, 0) is 0 Å². The molecule has 0 spiro atoms. The number of unbranched alkanes of at least 4 members (excludes halogenated alkanes) is 2. The number of aromatic nitrogens is 2. The van der Waals surface area contributed by atoms with Gasteiger partial charge in [-0.25, -0.2) is 9.97 Å². The molecule has 0 aromatic carbocycles. The van der Waals surface area contributed by atoms with Crippen LogP contribution in [0.3, 0.4) is 0 Å². The Labute approximate surface area is 116 Å². The molecule has 1 heterocycles. The van der Waals surface area contributed by atoms with E-state index in [1.54, 1.807) is 0 Å². The Kier molecular flexibility index (Phi) is 6.56. The van der Waals surface area contributed by atoms with Crippen molar-refractivity contribution in [2.45, 2.75) is 39.0 Å². The maximum absolute atomic E-state index is 8.77. The number of hydrogen-bond acceptors (Lipinski definition) is 5. The van der Waals surface area contributed by atoms with Gasteiger partial charge >= 0.3 is 0 Å². The third-order valence-electron chi connectivity index (χ3n) is 3.05. The predicted octanol–water partition coefficient (Wildman–Crippen LogP) is 2.24. The first kappa shape index (κ1) is 15.7. The third kappa shape index (κ3) is 5.03. The van der Waals surface area contributed by atoms with E-state index in [-0.39, 0.29) is 6.61 Å². The fraction of sp³-hybridized carbons (Fsp3) is 0.714. The Morgan fingerprint density at radius 2 is 2.00 bits per heavy atom. The number of anilines is 2. The summed E-state index contributed by atoms with van der Waals surface area (Å²) in [6, 6.07) is 1.97. The maximum Gasteiger partial charge on any atom is 0.135 e. The van der Waals surface area contributed by atoms with E-state index < -0.39 is 0 Å². The normalized spacial score (nSPS) is 10.8. The fourth-order valence-corrected chi connectivity index (χ4v) is 1.79. The Morgan fingerprint density at radius 1 is 1.26 bits per heavy atom. The molecule has 0 fully saturated rings. The van der Waals surface area contributed by atoms with Crippen LogP contribution in [0.4, 0.5) is 11.6 Å². The van der Waals surface area contributed by atoms with Crippen LogP contribution in [-0.4, -0.2) is 42.3 Å². The van der Waals surface area contributed by atoms with E-state index in [0.29, 0.717) is 5.92 Å². The predicted molar refractivity (Wildman–Crippen MR) is 79.9 cm³/mol. The van der Waals surface area contributed by atoms with Gasteiger partial charge in [0.05, 0.1) is 0 Å². The fourth-order valence-electron chi connectivity index (χ4n) is 1.79. The van der Waals surface area contributed by atoms with Gasteiger partial charge in [-0.3, -0.25) is 0 Å². The smallest absolute Gasteiger partial charge is 0.135 e. The molecule has 2 N–H and O–H groups in total. The average molecular weight is 266 g/mol. The monoisotopic (exact) mass is 266 g/mol. The molecule has 1 aromatic rings. The number of nitrogens with zero attached hydrogens (tertiary/aromatic N) is 3. The molecule has 0 aliphatic heterocycles. The maximum atomic E-state index is 8.77. The van der Waals surface area contributed by atoms with Crippen LogP contribution in [0.15, 0.2) is 6.07 Å². The van der Waals surface area contributed by atoms with E-state index >= 15 is 0 Å². The molecule has 1 rings (SSSR count). The highest BCUT2D eigenvalue weighted by Crippen LogP contribution is 2.19. The zero-order valence-corrected chi connectivity index (χ0v) is 12.5. The summed E-state index contributed by atoms with van der Waals surface area (Å²) in [6.45, 7) is 5.41. The first-order valence-corrected chi connectivity index (χ1v) is 6.97. The molecule has 1 aromatic heterocycles. The minimum Gasteiger partial charge on any atom is -0.396 e. The van der Waals surface area contributed by atoms with E-state index in [9.17, 15) is 0 Å². The summed E-state index contributed by atoms with van der Waals surface area (Å²) in [7, 11) is 3.92. The lowest BCUT2D eigenvalue weighted by molar-refractivity contribution is 0.283. The van der Waals surface area contributed by atoms with Gasteiger partial charge in [0.1, 0.15) is 17.5 Å². The number of hydrogen-bond donors (Lipinski definition) is 2. The largest absolute Gasteiger partial charge is 0.396 e. The van der Waals surface area contributed by atoms with Crippen molar-refractivity contribution in [3.63, 3.8) is 0 Å². The summed E-state index contributed by atoms with van der Waals surface area (Å²) in [4.78, 5) is 11.2. The van der Waals surface area contributed by atoms with Crippen LogP contribution in [0.5, 0.6) is 0 Å². The van der Waals surface area contributed by atoms with Crippen LogP contribution >= 0.6 is 0 Å². The Morgan fingerprint density at radius 3 is 2.58 bits per heavy atom. The minimum atomic E-state index is 0.276. The molecule has 0 bridgehead atoms. The van der Waals surface area contributed by atoms with Crippen molar-refractivity contribution in [2.24, 2.45) is 0 Å². The summed E-state index contributed by atoms with van der Waals surface area (Å²) in [6.07, 6.45) is 2.98. The quantitative estimate of drug-likeness (QED) is 0.707. The highest BCUT2D eigenvalue weighted by Gasteiger charge is 2.10. The second kappa shape index (κ2) is 7.94. The van der Waals surface area contributed by atoms with Gasteiger partial charge in [-0.1, -0.05) is 13.8 Å². The van der Waals surface area contributed by atoms with E-state index in [1.807, 2.05) is 20.2 Å². The van der Waals surface area contributed by atoms with Crippen LogP contribution in [0.25, 0.3) is 0 Å². The second-order valence-corrected chi connectivity index (χ2v) is 5.08. The van der Waals surface area contributed by atoms with Gasteiger partial charge in [0, 0.05) is 39.2 Å². The lowest BCUT2D eigenvalue weighted by atomic mass is 10.2. The second-order valence-electron chi connectivity index (χ2n) is 5.08. The number of aliphatic hydroxyl groups excluding tert-OH is 1. The van der Waals surface area contributed by atoms with Crippen LogP contribution < -0.4 is 10.2 Å². The SMILES string of the molecule is CNc1cc(N(C)CCCCCO)nc(C(C)C)n1. The molecule has 108 valence electrons. The van der Waals surface area contributed by atoms with Gasteiger partial charge in [0.15, 0.2) is 0 Å². The Hall–Kier alpha value is -1.36. The third-order valence-corrected chi connectivity index (χ3v) is 3.05. The van der Waals surface area contributed by atoms with E-state index in [4.69, 9.17) is 5.11 Å². The van der Waals surface area contributed by atoms with Crippen LogP contribution in [0, 0.1) is 0 Å². The molecule has 0 aliphatic rings. The highest BCUT2D eigenvalue weighted by molar-refractivity contribution is 5.48. The zero-order valence-electron chi connectivity index (χ0n) is 12.5. The molecule has 19 heavy (non-hydrogen) atoms. The zero-order chi connectivity index (χ0) is 14.3. The molecular weight excluding hydrogens is 240 g/mol. The molecule has 5 heteroatoms. The van der Waals surface area contributed by atoms with Crippen molar-refractivity contribution in [3.8, 4) is 0 Å². The molecule has 0 aliphatic carbocycles. The number of nitrogens with one attached hydrogen (secondary N) is 1. The van der Waals surface area contributed by atoms with Gasteiger partial charge in [0.2, 0.25) is 0 Å². The number of aliphatic hydroxyl groups is 1. The van der Waals surface area contributed by atoms with E-state index in [2.05, 4.69) is 34.0 Å². The summed E-state index contributed by atoms with van der Waals surface area (Å²) in [5, 5.41) is 11.9. The lowest BCUT2D eigenvalue weighted by Gasteiger charge is -2.20. The summed E-state index contributed by atoms with van der Waals surface area (Å²) < 4.78 is 0. The summed E-state index contributed by atoms with van der Waals surface area (Å²) in [5.74, 6) is 2.99. The molecule has 0 unspecified atom stereocenters. The van der Waals surface area contributed by atoms with E-state index in [1.165, 1.54) is 0 Å². The van der Waals surface area contributed by atoms with Gasteiger partial charge in [-0.15, -0.1) is 0 Å². The highest BCUT2D eigenvalue weighted by atomic mass is 16.2. The molecular formula is C14H26N4O. The summed E-state index contributed by atoms with van der Waals surface area (Å²) >= 11 is 0. The lowest BCUT2D eigenvalue weighted by Crippen LogP contribution is -2.21. The average Bonchev–Trinajstić information content (AvgIpc) is 2.42. The van der Waals surface area contributed by atoms with Crippen LogP contribution in [0.2, 0.25) is 0 Å². The first-order valence-electron chi connectivity index (χ1n) is 6.97. The van der Waals surface area contributed by atoms with Crippen molar-refractivity contribution in [1.82, 2.24) is 9.97 Å². The molecule has 0 radical (unpaired) electrons. The topological polar surface area (TPSA) is 61.3 Å². The Balaban J connectivity index is 2.72. The van der Waals surface area contributed by atoms with Crippen molar-refractivity contribution >= 4 is 11.6 Å². The van der Waals surface area contributed by atoms with Crippen molar-refractivity contribution in [2.75, 3.05) is 37.5 Å². The molecule has 0 amide bonds. The van der Waals surface area contributed by atoms with E-state index in [0.717, 1.165) is 43.3 Å². The molecule has 0 saturated carbocycles.